The molecule has 17 heavy (non-hydrogen) atoms. The Labute approximate surface area is 99.5 Å². The summed E-state index contributed by atoms with van der Waals surface area (Å²) in [5, 5.41) is 26.1. The summed E-state index contributed by atoms with van der Waals surface area (Å²) in [4.78, 5) is 4.08. The van der Waals surface area contributed by atoms with Gasteiger partial charge in [0, 0.05) is 5.57 Å². The fraction of sp³-hybridized carbons (Fsp3) is 0.333. The number of rotatable bonds is 6. The van der Waals surface area contributed by atoms with Gasteiger partial charge in [-0.05, 0) is 24.6 Å². The van der Waals surface area contributed by atoms with Gasteiger partial charge in [0.25, 0.3) is 0 Å². The predicted octanol–water partition coefficient (Wildman–Crippen LogP) is 1.27. The first-order valence-electron chi connectivity index (χ1n) is 5.19. The Morgan fingerprint density at radius 1 is 1.18 bits per heavy atom. The third-order valence-corrected chi connectivity index (χ3v) is 2.32. The molecule has 0 spiro atoms. The normalized spacial score (nSPS) is 12.0. The zero-order valence-corrected chi connectivity index (χ0v) is 9.59. The second kappa shape index (κ2) is 6.90. The highest BCUT2D eigenvalue weighted by atomic mass is 17.1. The fourth-order valence-electron chi connectivity index (χ4n) is 1.34. The minimum Gasteiger partial charge on any atom is -0.491 e. The van der Waals surface area contributed by atoms with E-state index in [0.29, 0.717) is 11.3 Å². The summed E-state index contributed by atoms with van der Waals surface area (Å²) in [5.74, 6) is 0.750. The van der Waals surface area contributed by atoms with E-state index in [1.807, 2.05) is 0 Å². The fourth-order valence-corrected chi connectivity index (χ4v) is 1.34. The van der Waals surface area contributed by atoms with E-state index in [1.54, 1.807) is 31.2 Å². The van der Waals surface area contributed by atoms with Gasteiger partial charge in [-0.1, -0.05) is 12.1 Å². The van der Waals surface area contributed by atoms with E-state index in [1.165, 1.54) is 0 Å². The van der Waals surface area contributed by atoms with Crippen LogP contribution in [-0.2, 0) is 4.89 Å². The summed E-state index contributed by atoms with van der Waals surface area (Å²) >= 11 is 0. The topological polar surface area (TPSA) is 79.2 Å². The van der Waals surface area contributed by atoms with Crippen molar-refractivity contribution in [3.8, 4) is 5.75 Å². The number of allylic oxidation sites excluding steroid dienone is 1. The maximum Gasteiger partial charge on any atom is 0.171 e. The van der Waals surface area contributed by atoms with Crippen LogP contribution in [0.4, 0.5) is 0 Å². The van der Waals surface area contributed by atoms with Crippen LogP contribution in [0.2, 0.25) is 0 Å². The molecular weight excluding hydrogens is 224 g/mol. The van der Waals surface area contributed by atoms with Crippen molar-refractivity contribution in [1.29, 1.82) is 0 Å². The van der Waals surface area contributed by atoms with Crippen LogP contribution in [0, 0.1) is 0 Å². The van der Waals surface area contributed by atoms with Crippen molar-refractivity contribution in [2.75, 3.05) is 19.8 Å². The highest BCUT2D eigenvalue weighted by Gasteiger charge is 2.06. The molecule has 0 unspecified atom stereocenters. The predicted molar refractivity (Wildman–Crippen MR) is 62.4 cm³/mol. The van der Waals surface area contributed by atoms with Crippen molar-refractivity contribution in [3.05, 3.63) is 35.6 Å². The Kier molecular flexibility index (Phi) is 5.48. The molecule has 0 aliphatic rings. The molecule has 3 N–H and O–H groups in total. The van der Waals surface area contributed by atoms with Gasteiger partial charge in [0.05, 0.1) is 6.61 Å². The van der Waals surface area contributed by atoms with E-state index in [0.717, 1.165) is 5.56 Å². The molecule has 0 aromatic heterocycles. The number of ether oxygens (including phenoxy) is 1. The summed E-state index contributed by atoms with van der Waals surface area (Å²) < 4.78 is 5.21. The van der Waals surface area contributed by atoms with Gasteiger partial charge in [-0.3, -0.25) is 0 Å². The van der Waals surface area contributed by atoms with Gasteiger partial charge in [-0.25, -0.2) is 5.26 Å². The molecule has 0 aliphatic carbocycles. The largest absolute Gasteiger partial charge is 0.491 e. The van der Waals surface area contributed by atoms with Gasteiger partial charge in [-0.15, -0.1) is 0 Å². The van der Waals surface area contributed by atoms with Crippen LogP contribution in [0.15, 0.2) is 30.0 Å². The lowest BCUT2D eigenvalue weighted by Crippen LogP contribution is -2.01. The number of aliphatic hydroxyl groups excluding tert-OH is 2. The highest BCUT2D eigenvalue weighted by Crippen LogP contribution is 2.21. The van der Waals surface area contributed by atoms with E-state index in [-0.39, 0.29) is 25.6 Å². The van der Waals surface area contributed by atoms with E-state index in [2.05, 4.69) is 4.89 Å². The summed E-state index contributed by atoms with van der Waals surface area (Å²) in [7, 11) is 0. The molecule has 0 aliphatic heterocycles. The average Bonchev–Trinajstić information content (AvgIpc) is 2.38. The molecule has 1 rings (SSSR count). The second-order valence-corrected chi connectivity index (χ2v) is 3.39. The van der Waals surface area contributed by atoms with Crippen molar-refractivity contribution < 1.29 is 25.1 Å². The lowest BCUT2D eigenvalue weighted by Gasteiger charge is -2.08. The zero-order valence-electron chi connectivity index (χ0n) is 9.59. The molecular formula is C12H16O5. The van der Waals surface area contributed by atoms with Gasteiger partial charge in [0.2, 0.25) is 0 Å². The van der Waals surface area contributed by atoms with Gasteiger partial charge >= 0.3 is 0 Å². The van der Waals surface area contributed by atoms with Crippen LogP contribution in [0.1, 0.15) is 12.5 Å². The molecule has 1 aromatic rings. The molecule has 0 atom stereocenters. The van der Waals surface area contributed by atoms with Gasteiger partial charge < -0.3 is 19.8 Å². The average molecular weight is 240 g/mol. The van der Waals surface area contributed by atoms with Crippen LogP contribution in [0.25, 0.3) is 5.57 Å². The number of benzene rings is 1. The lowest BCUT2D eigenvalue weighted by atomic mass is 10.1. The summed E-state index contributed by atoms with van der Waals surface area (Å²) in [6.45, 7) is 1.57. The Bertz CT molecular complexity index is 363. The maximum atomic E-state index is 8.93. The Hall–Kier alpha value is -1.56. The molecule has 0 amide bonds. The van der Waals surface area contributed by atoms with E-state index < -0.39 is 0 Å². The minimum atomic E-state index is -0.370. The molecule has 0 radical (unpaired) electrons. The number of hydrogen-bond acceptors (Lipinski definition) is 5. The standard InChI is InChI=1S/C12H16O5/c1-9(12(8-14)17-15)10-2-4-11(5-3-10)16-7-6-13/h2-5,13-15H,6-8H2,1H3/b12-9+. The van der Waals surface area contributed by atoms with Crippen molar-refractivity contribution in [1.82, 2.24) is 0 Å². The number of hydrogen-bond donors (Lipinski definition) is 3. The van der Waals surface area contributed by atoms with Gasteiger partial charge in [-0.2, -0.15) is 0 Å². The van der Waals surface area contributed by atoms with Crippen LogP contribution >= 0.6 is 0 Å². The van der Waals surface area contributed by atoms with Gasteiger partial charge in [0.15, 0.2) is 5.76 Å². The van der Waals surface area contributed by atoms with Gasteiger partial charge in [0.1, 0.15) is 19.0 Å². The molecule has 0 bridgehead atoms. The summed E-state index contributed by atoms with van der Waals surface area (Å²) in [6, 6.07) is 7.02. The highest BCUT2D eigenvalue weighted by molar-refractivity contribution is 5.66. The lowest BCUT2D eigenvalue weighted by molar-refractivity contribution is -0.208. The van der Waals surface area contributed by atoms with Crippen LogP contribution in [0.5, 0.6) is 5.75 Å². The first-order chi connectivity index (χ1) is 8.22. The molecule has 0 fully saturated rings. The molecule has 94 valence electrons. The monoisotopic (exact) mass is 240 g/mol. The Morgan fingerprint density at radius 2 is 1.82 bits per heavy atom. The maximum absolute atomic E-state index is 8.93. The molecule has 5 nitrogen and oxygen atoms in total. The van der Waals surface area contributed by atoms with Crippen molar-refractivity contribution in [2.45, 2.75) is 6.92 Å². The smallest absolute Gasteiger partial charge is 0.171 e. The molecule has 5 heteroatoms. The second-order valence-electron chi connectivity index (χ2n) is 3.39. The quantitative estimate of drug-likeness (QED) is 0.396. The third-order valence-electron chi connectivity index (χ3n) is 2.32. The van der Waals surface area contributed by atoms with E-state index in [4.69, 9.17) is 20.2 Å². The molecule has 0 saturated carbocycles. The minimum absolute atomic E-state index is 0.0340. The van der Waals surface area contributed by atoms with Crippen LogP contribution in [-0.4, -0.2) is 35.3 Å². The first kappa shape index (κ1) is 13.5. The Morgan fingerprint density at radius 3 is 2.29 bits per heavy atom. The van der Waals surface area contributed by atoms with E-state index >= 15 is 0 Å². The SMILES string of the molecule is C/C(=C(/CO)OO)c1ccc(OCCO)cc1. The van der Waals surface area contributed by atoms with E-state index in [9.17, 15) is 0 Å². The molecule has 1 aromatic carbocycles. The molecule has 0 saturated heterocycles. The third kappa shape index (κ3) is 3.74. The molecule has 0 heterocycles. The van der Waals surface area contributed by atoms with Crippen molar-refractivity contribution >= 4 is 5.57 Å². The van der Waals surface area contributed by atoms with Crippen LogP contribution < -0.4 is 4.74 Å². The zero-order chi connectivity index (χ0) is 12.7. The number of aliphatic hydroxyl groups is 2. The van der Waals surface area contributed by atoms with Crippen molar-refractivity contribution in [2.24, 2.45) is 0 Å². The summed E-state index contributed by atoms with van der Waals surface area (Å²) in [6.07, 6.45) is 0. The first-order valence-corrected chi connectivity index (χ1v) is 5.19. The Balaban J connectivity index is 2.83. The van der Waals surface area contributed by atoms with Crippen LogP contribution in [0.3, 0.4) is 0 Å². The summed E-state index contributed by atoms with van der Waals surface area (Å²) in [5.41, 5.74) is 1.45. The van der Waals surface area contributed by atoms with Crippen molar-refractivity contribution in [3.63, 3.8) is 0 Å².